The number of aromatic amines is 2. The Morgan fingerprint density at radius 3 is 2.19 bits per heavy atom. The topological polar surface area (TPSA) is 275 Å². The molecule has 4 unspecified atom stereocenters. The molecule has 3 aromatic rings. The highest BCUT2D eigenvalue weighted by Gasteiger charge is 2.32. The van der Waals surface area contributed by atoms with E-state index in [-0.39, 0.29) is 25.7 Å². The second-order valence-corrected chi connectivity index (χ2v) is 9.58. The van der Waals surface area contributed by atoms with Gasteiger partial charge >= 0.3 is 11.9 Å². The normalized spacial score (nSPS) is 13.8. The average molecular weight is 585 g/mol. The van der Waals surface area contributed by atoms with Crippen LogP contribution in [0.4, 0.5) is 0 Å². The van der Waals surface area contributed by atoms with Crippen molar-refractivity contribution in [2.45, 2.75) is 56.3 Å². The summed E-state index contributed by atoms with van der Waals surface area (Å²) < 4.78 is 0. The van der Waals surface area contributed by atoms with Gasteiger partial charge in [-0.3, -0.25) is 24.0 Å². The molecule has 4 amide bonds. The standard InChI is InChI=1S/C26H32N8O8/c27-16(8-14-11-29-12-31-14)23(38)32-18(5-6-21(28)35)24(39)33-19(9-22(36)37)25(40)34-20(26(41)42)7-13-10-30-17-4-2-1-3-15(13)17/h1-4,10-12,16,18-20,30H,5-9,27H2,(H2,28,35)(H,29,31)(H,32,38)(H,33,39)(H,34,40)(H,36,37)(H,41,42). The lowest BCUT2D eigenvalue weighted by molar-refractivity contribution is -0.143. The number of carbonyl (C=O) groups excluding carboxylic acids is 4. The molecule has 0 spiro atoms. The average Bonchev–Trinajstić information content (AvgIpc) is 3.59. The fraction of sp³-hybridized carbons (Fsp3) is 0.346. The number of primary amides is 1. The Labute approximate surface area is 238 Å². The monoisotopic (exact) mass is 584 g/mol. The van der Waals surface area contributed by atoms with E-state index < -0.39 is 66.2 Å². The molecule has 224 valence electrons. The Bertz CT molecular complexity index is 1440. The van der Waals surface area contributed by atoms with Crippen LogP contribution in [0.3, 0.4) is 0 Å². The van der Waals surface area contributed by atoms with Crippen molar-refractivity contribution in [2.75, 3.05) is 0 Å². The third-order valence-corrected chi connectivity index (χ3v) is 6.37. The van der Waals surface area contributed by atoms with Crippen molar-refractivity contribution in [1.29, 1.82) is 0 Å². The number of carbonyl (C=O) groups is 6. The van der Waals surface area contributed by atoms with Crippen molar-refractivity contribution in [3.8, 4) is 0 Å². The van der Waals surface area contributed by atoms with Gasteiger partial charge in [0.05, 0.1) is 18.8 Å². The number of amides is 4. The number of carboxylic acids is 2. The van der Waals surface area contributed by atoms with E-state index in [2.05, 4.69) is 30.9 Å². The Morgan fingerprint density at radius 2 is 1.55 bits per heavy atom. The first kappa shape index (κ1) is 31.3. The number of para-hydroxylation sites is 1. The van der Waals surface area contributed by atoms with Crippen molar-refractivity contribution in [1.82, 2.24) is 30.9 Å². The molecule has 42 heavy (non-hydrogen) atoms. The van der Waals surface area contributed by atoms with Gasteiger partial charge in [-0.25, -0.2) is 9.78 Å². The second-order valence-electron chi connectivity index (χ2n) is 9.58. The van der Waals surface area contributed by atoms with Crippen LogP contribution < -0.4 is 27.4 Å². The van der Waals surface area contributed by atoms with Crippen LogP contribution in [0.25, 0.3) is 10.9 Å². The van der Waals surface area contributed by atoms with E-state index in [0.29, 0.717) is 11.3 Å². The zero-order chi connectivity index (χ0) is 30.8. The minimum absolute atomic E-state index is 0.0487. The number of aromatic nitrogens is 3. The number of nitrogens with zero attached hydrogens (tertiary/aromatic N) is 1. The summed E-state index contributed by atoms with van der Waals surface area (Å²) >= 11 is 0. The van der Waals surface area contributed by atoms with Gasteiger partial charge < -0.3 is 47.6 Å². The van der Waals surface area contributed by atoms with Crippen molar-refractivity contribution < 1.29 is 39.0 Å². The summed E-state index contributed by atoms with van der Waals surface area (Å²) in [6.45, 7) is 0. The quantitative estimate of drug-likeness (QED) is 0.0918. The highest BCUT2D eigenvalue weighted by molar-refractivity contribution is 5.96. The maximum absolute atomic E-state index is 13.1. The van der Waals surface area contributed by atoms with E-state index in [1.54, 1.807) is 30.5 Å². The lowest BCUT2D eigenvalue weighted by atomic mass is 10.0. The van der Waals surface area contributed by atoms with Gasteiger partial charge in [0.15, 0.2) is 0 Å². The molecule has 2 heterocycles. The molecule has 0 fully saturated rings. The molecule has 2 aromatic heterocycles. The Balaban J connectivity index is 1.72. The van der Waals surface area contributed by atoms with Crippen LogP contribution in [0.5, 0.6) is 0 Å². The summed E-state index contributed by atoms with van der Waals surface area (Å²) in [7, 11) is 0. The summed E-state index contributed by atoms with van der Waals surface area (Å²) in [5.74, 6) is -6.45. The smallest absolute Gasteiger partial charge is 0.326 e. The molecule has 4 atom stereocenters. The largest absolute Gasteiger partial charge is 0.481 e. The summed E-state index contributed by atoms with van der Waals surface area (Å²) in [5, 5.41) is 26.8. The van der Waals surface area contributed by atoms with E-state index in [9.17, 15) is 39.0 Å². The summed E-state index contributed by atoms with van der Waals surface area (Å²) in [5.41, 5.74) is 13.0. The van der Waals surface area contributed by atoms with Crippen molar-refractivity contribution >= 4 is 46.5 Å². The number of carboxylic acid groups (broad SMARTS) is 2. The van der Waals surface area contributed by atoms with Gasteiger partial charge in [0.25, 0.3) is 0 Å². The lowest BCUT2D eigenvalue weighted by Crippen LogP contribution is -2.58. The second kappa shape index (κ2) is 14.4. The molecule has 0 aliphatic heterocycles. The van der Waals surface area contributed by atoms with Crippen LogP contribution in [0.2, 0.25) is 0 Å². The van der Waals surface area contributed by atoms with E-state index >= 15 is 0 Å². The molecule has 11 N–H and O–H groups in total. The third-order valence-electron chi connectivity index (χ3n) is 6.37. The molecular formula is C26H32N8O8. The van der Waals surface area contributed by atoms with Gasteiger partial charge in [-0.05, 0) is 18.1 Å². The number of nitrogens with two attached hydrogens (primary N) is 2. The van der Waals surface area contributed by atoms with Crippen LogP contribution in [0, 0.1) is 0 Å². The Kier molecular flexibility index (Phi) is 10.7. The molecule has 0 bridgehead atoms. The minimum Gasteiger partial charge on any atom is -0.481 e. The predicted molar refractivity (Wildman–Crippen MR) is 146 cm³/mol. The van der Waals surface area contributed by atoms with Gasteiger partial charge in [-0.2, -0.15) is 0 Å². The van der Waals surface area contributed by atoms with Crippen LogP contribution in [0.15, 0.2) is 43.0 Å². The van der Waals surface area contributed by atoms with E-state index in [1.807, 2.05) is 0 Å². The zero-order valence-corrected chi connectivity index (χ0v) is 22.3. The van der Waals surface area contributed by atoms with Crippen LogP contribution >= 0.6 is 0 Å². The molecule has 0 aliphatic carbocycles. The van der Waals surface area contributed by atoms with E-state index in [1.165, 1.54) is 12.5 Å². The SMILES string of the molecule is NC(=O)CCC(NC(=O)C(N)Cc1cnc[nH]1)C(=O)NC(CC(=O)O)C(=O)NC(Cc1c[nH]c2ccccc12)C(=O)O. The predicted octanol–water partition coefficient (Wildman–Crippen LogP) is -1.72. The zero-order valence-electron chi connectivity index (χ0n) is 22.3. The van der Waals surface area contributed by atoms with Gasteiger partial charge in [0, 0.05) is 48.3 Å². The summed E-state index contributed by atoms with van der Waals surface area (Å²) in [4.78, 5) is 83.4. The Hall–Kier alpha value is -5.25. The molecule has 3 rings (SSSR count). The first-order valence-electron chi connectivity index (χ1n) is 12.9. The number of imidazole rings is 1. The van der Waals surface area contributed by atoms with Gasteiger partial charge in [-0.15, -0.1) is 0 Å². The number of hydrogen-bond donors (Lipinski definition) is 9. The molecule has 16 heteroatoms. The third kappa shape index (κ3) is 8.88. The molecule has 16 nitrogen and oxygen atoms in total. The molecule has 1 aromatic carbocycles. The molecule has 0 saturated heterocycles. The van der Waals surface area contributed by atoms with Crippen molar-refractivity contribution in [2.24, 2.45) is 11.5 Å². The minimum atomic E-state index is -1.72. The number of aliphatic carboxylic acids is 2. The first-order valence-corrected chi connectivity index (χ1v) is 12.9. The van der Waals surface area contributed by atoms with Gasteiger partial charge in [0.1, 0.15) is 18.1 Å². The van der Waals surface area contributed by atoms with E-state index in [0.717, 1.165) is 10.9 Å². The van der Waals surface area contributed by atoms with Crippen molar-refractivity contribution in [3.05, 3.63) is 54.2 Å². The number of nitrogens with one attached hydrogen (secondary N) is 5. The number of fused-ring (bicyclic) bond motifs is 1. The summed E-state index contributed by atoms with van der Waals surface area (Å²) in [6.07, 6.45) is 2.88. The van der Waals surface area contributed by atoms with Gasteiger partial charge in [0.2, 0.25) is 23.6 Å². The fourth-order valence-electron chi connectivity index (χ4n) is 4.21. The molecular weight excluding hydrogens is 552 g/mol. The number of hydrogen-bond acceptors (Lipinski definition) is 8. The Morgan fingerprint density at radius 1 is 0.881 bits per heavy atom. The lowest BCUT2D eigenvalue weighted by Gasteiger charge is -2.24. The number of H-pyrrole nitrogens is 2. The molecule has 0 radical (unpaired) electrons. The van der Waals surface area contributed by atoms with E-state index in [4.69, 9.17) is 11.5 Å². The van der Waals surface area contributed by atoms with Crippen LogP contribution in [0.1, 0.15) is 30.5 Å². The molecule has 0 saturated carbocycles. The number of benzene rings is 1. The first-order chi connectivity index (χ1) is 19.9. The molecule has 0 aliphatic rings. The highest BCUT2D eigenvalue weighted by atomic mass is 16.4. The van der Waals surface area contributed by atoms with Crippen LogP contribution in [-0.4, -0.2) is 84.9 Å². The number of rotatable bonds is 16. The fourth-order valence-corrected chi connectivity index (χ4v) is 4.21. The highest BCUT2D eigenvalue weighted by Crippen LogP contribution is 2.19. The van der Waals surface area contributed by atoms with Crippen LogP contribution in [-0.2, 0) is 41.6 Å². The van der Waals surface area contributed by atoms with Gasteiger partial charge in [-0.1, -0.05) is 18.2 Å². The van der Waals surface area contributed by atoms with Crippen molar-refractivity contribution in [3.63, 3.8) is 0 Å². The maximum atomic E-state index is 13.1. The maximum Gasteiger partial charge on any atom is 0.326 e. The summed E-state index contributed by atoms with van der Waals surface area (Å²) in [6, 6.07) is 1.42.